The summed E-state index contributed by atoms with van der Waals surface area (Å²) in [7, 11) is 3.30. The molecule has 1 aliphatic rings. The quantitative estimate of drug-likeness (QED) is 0.262. The smallest absolute Gasteiger partial charge is 0.290 e. The molecule has 218 valence electrons. The van der Waals surface area contributed by atoms with Crippen molar-refractivity contribution in [1.82, 2.24) is 24.7 Å². The van der Waals surface area contributed by atoms with E-state index in [1.165, 1.54) is 4.74 Å². The number of fused-ring (bicyclic) bond motifs is 1. The number of rotatable bonds is 7. The zero-order chi connectivity index (χ0) is 30.4. The maximum Gasteiger partial charge on any atom is 0.290 e. The van der Waals surface area contributed by atoms with E-state index in [0.717, 1.165) is 0 Å². The van der Waals surface area contributed by atoms with E-state index >= 15 is 0 Å². The molecule has 43 heavy (non-hydrogen) atoms. The van der Waals surface area contributed by atoms with E-state index in [-0.39, 0.29) is 28.8 Å². The van der Waals surface area contributed by atoms with Crippen LogP contribution in [0, 0.1) is 6.92 Å². The monoisotopic (exact) mass is 580 g/mol. The van der Waals surface area contributed by atoms with Crippen LogP contribution in [0.5, 0.6) is 0 Å². The Kier molecular flexibility index (Phi) is 6.76. The van der Waals surface area contributed by atoms with Crippen LogP contribution in [0.4, 0.5) is 17.2 Å². The molecule has 6 rings (SSSR count). The lowest BCUT2D eigenvalue weighted by Gasteiger charge is -2.25. The number of benzene rings is 2. The molecule has 3 aromatic heterocycles. The summed E-state index contributed by atoms with van der Waals surface area (Å²) in [5.74, 6) is -0.305. The van der Waals surface area contributed by atoms with Crippen molar-refractivity contribution in [3.8, 4) is 11.1 Å². The summed E-state index contributed by atoms with van der Waals surface area (Å²) in [6.45, 7) is 3.65. The molecule has 13 heteroatoms. The van der Waals surface area contributed by atoms with Gasteiger partial charge < -0.3 is 15.2 Å². The summed E-state index contributed by atoms with van der Waals surface area (Å²) in [5, 5.41) is 16.6. The number of nitrogens with zero attached hydrogens (tertiary/aromatic N) is 5. The molecule has 13 nitrogen and oxygen atoms in total. The van der Waals surface area contributed by atoms with Crippen LogP contribution in [0.1, 0.15) is 62.0 Å². The third kappa shape index (κ3) is 4.80. The fourth-order valence-electron chi connectivity index (χ4n) is 5.40. The Morgan fingerprint density at radius 1 is 1.02 bits per heavy atom. The van der Waals surface area contributed by atoms with Crippen molar-refractivity contribution in [3.63, 3.8) is 0 Å². The Hall–Kier alpha value is -5.72. The summed E-state index contributed by atoms with van der Waals surface area (Å²) in [5.41, 5.74) is 3.05. The first-order chi connectivity index (χ1) is 20.7. The van der Waals surface area contributed by atoms with Crippen molar-refractivity contribution in [3.05, 3.63) is 99.4 Å². The molecule has 1 atom stereocenters. The summed E-state index contributed by atoms with van der Waals surface area (Å²) in [6.07, 6.45) is 2.23. The second-order valence-electron chi connectivity index (χ2n) is 10.2. The highest BCUT2D eigenvalue weighted by Gasteiger charge is 2.42. The molecule has 0 radical (unpaired) electrons. The minimum Gasteiger partial charge on any atom is -0.381 e. The fraction of sp³-hybridized carbons (Fsp3) is 0.200. The predicted octanol–water partition coefficient (Wildman–Crippen LogP) is 4.03. The number of hydrogen-bond donors (Lipinski definition) is 3. The van der Waals surface area contributed by atoms with Gasteiger partial charge in [-0.2, -0.15) is 14.9 Å². The third-order valence-corrected chi connectivity index (χ3v) is 7.38. The van der Waals surface area contributed by atoms with Gasteiger partial charge in [-0.3, -0.25) is 33.9 Å². The molecule has 0 bridgehead atoms. The molecule has 0 spiro atoms. The number of amides is 3. The van der Waals surface area contributed by atoms with Gasteiger partial charge in [-0.15, -0.1) is 0 Å². The topological polar surface area (TPSA) is 160 Å². The van der Waals surface area contributed by atoms with Gasteiger partial charge in [0.05, 0.1) is 11.6 Å². The van der Waals surface area contributed by atoms with Gasteiger partial charge in [0.25, 0.3) is 23.3 Å². The van der Waals surface area contributed by atoms with Crippen LogP contribution >= 0.6 is 0 Å². The number of aromatic amines is 1. The molecule has 5 aromatic rings. The van der Waals surface area contributed by atoms with E-state index in [1.807, 2.05) is 6.92 Å². The van der Waals surface area contributed by atoms with Crippen molar-refractivity contribution >= 4 is 34.9 Å². The molecular weight excluding hydrogens is 552 g/mol. The number of anilines is 3. The summed E-state index contributed by atoms with van der Waals surface area (Å²) >= 11 is 0. The predicted molar refractivity (Wildman–Crippen MR) is 158 cm³/mol. The summed E-state index contributed by atoms with van der Waals surface area (Å²) < 4.78 is 8.15. The zero-order valence-corrected chi connectivity index (χ0v) is 23.8. The Labute approximate surface area is 245 Å². The Balaban J connectivity index is 1.23. The second-order valence-corrected chi connectivity index (χ2v) is 10.2. The van der Waals surface area contributed by atoms with E-state index in [1.54, 1.807) is 91.4 Å². The lowest BCUT2D eigenvalue weighted by molar-refractivity contribution is 0.0981. The van der Waals surface area contributed by atoms with Crippen molar-refractivity contribution in [2.45, 2.75) is 26.3 Å². The molecule has 0 saturated carbocycles. The lowest BCUT2D eigenvalue weighted by Crippen LogP contribution is -2.29. The molecule has 0 aliphatic carbocycles. The van der Waals surface area contributed by atoms with Gasteiger partial charge in [0.2, 0.25) is 0 Å². The SMILES string of the molecule is CCC1c2c(C(=O)Nc3cccc(C(=O)Nc4ccn(C)n4)c3)n[nH]c2C(=O)N1c1ccc(-c2c(C)on(C)c2=O)cc1. The zero-order valence-electron chi connectivity index (χ0n) is 23.8. The van der Waals surface area contributed by atoms with Crippen LogP contribution in [0.3, 0.4) is 0 Å². The number of aryl methyl sites for hydroxylation is 3. The largest absolute Gasteiger partial charge is 0.381 e. The number of carbonyl (C=O) groups excluding carboxylic acids is 3. The van der Waals surface area contributed by atoms with Gasteiger partial charge in [0.1, 0.15) is 11.5 Å². The minimum absolute atomic E-state index is 0.0928. The van der Waals surface area contributed by atoms with Crippen LogP contribution < -0.4 is 21.1 Å². The number of carbonyl (C=O) groups is 3. The molecule has 1 unspecified atom stereocenters. The van der Waals surface area contributed by atoms with Crippen LogP contribution in [0.25, 0.3) is 11.1 Å². The Bertz CT molecular complexity index is 1950. The standard InChI is InChI=1S/C30H28N8O5/c1-5-21-24-25(28(40)31-19-8-6-7-18(15-19)27(39)32-22-13-14-36(3)35-22)33-34-26(24)30(42)38(21)20-11-9-17(10-12-20)23-16(2)43-37(4)29(23)41/h6-15,21H,5H2,1-4H3,(H,31,40)(H,33,34)(H,32,35,39). The van der Waals surface area contributed by atoms with E-state index in [0.29, 0.717) is 51.6 Å². The molecule has 0 fully saturated rings. The first-order valence-electron chi connectivity index (χ1n) is 13.6. The average Bonchev–Trinajstić information content (AvgIpc) is 3.73. The van der Waals surface area contributed by atoms with Crippen LogP contribution in [-0.2, 0) is 14.1 Å². The van der Waals surface area contributed by atoms with E-state index in [4.69, 9.17) is 4.52 Å². The lowest BCUT2D eigenvalue weighted by atomic mass is 10.0. The summed E-state index contributed by atoms with van der Waals surface area (Å²) in [6, 6.07) is 14.8. The van der Waals surface area contributed by atoms with Gasteiger partial charge in [-0.05, 0) is 49.2 Å². The van der Waals surface area contributed by atoms with E-state index in [2.05, 4.69) is 25.9 Å². The van der Waals surface area contributed by atoms with Gasteiger partial charge in [-0.25, -0.2) is 0 Å². The first kappa shape index (κ1) is 27.4. The number of H-pyrrole nitrogens is 1. The Morgan fingerprint density at radius 2 is 1.79 bits per heavy atom. The minimum atomic E-state index is -0.519. The highest BCUT2D eigenvalue weighted by Crippen LogP contribution is 2.41. The Morgan fingerprint density at radius 3 is 2.44 bits per heavy atom. The van der Waals surface area contributed by atoms with Gasteiger partial charge in [0, 0.05) is 48.9 Å². The van der Waals surface area contributed by atoms with Gasteiger partial charge in [-0.1, -0.05) is 25.1 Å². The molecule has 3 N–H and O–H groups in total. The summed E-state index contributed by atoms with van der Waals surface area (Å²) in [4.78, 5) is 53.7. The molecule has 3 amide bonds. The fourth-order valence-corrected chi connectivity index (χ4v) is 5.40. The highest BCUT2D eigenvalue weighted by molar-refractivity contribution is 6.14. The molecule has 1 aliphatic heterocycles. The van der Waals surface area contributed by atoms with Gasteiger partial charge in [0.15, 0.2) is 11.5 Å². The number of hydrogen-bond acceptors (Lipinski definition) is 7. The van der Waals surface area contributed by atoms with E-state index in [9.17, 15) is 19.2 Å². The average molecular weight is 581 g/mol. The van der Waals surface area contributed by atoms with E-state index < -0.39 is 11.9 Å². The molecule has 0 saturated heterocycles. The molecular formula is C30H28N8O5. The number of aromatic nitrogens is 5. The molecule has 4 heterocycles. The second kappa shape index (κ2) is 10.6. The third-order valence-electron chi connectivity index (χ3n) is 7.38. The van der Waals surface area contributed by atoms with Gasteiger partial charge >= 0.3 is 0 Å². The highest BCUT2D eigenvalue weighted by atomic mass is 16.5. The van der Waals surface area contributed by atoms with Crippen molar-refractivity contribution in [2.75, 3.05) is 15.5 Å². The van der Waals surface area contributed by atoms with Crippen molar-refractivity contribution in [2.24, 2.45) is 14.1 Å². The maximum atomic E-state index is 13.5. The maximum absolute atomic E-state index is 13.5. The first-order valence-corrected chi connectivity index (χ1v) is 13.6. The van der Waals surface area contributed by atoms with Crippen molar-refractivity contribution < 1.29 is 18.9 Å². The molecule has 2 aromatic carbocycles. The normalized spacial score (nSPS) is 14.2. The van der Waals surface area contributed by atoms with Crippen LogP contribution in [0.15, 0.2) is 70.1 Å². The van der Waals surface area contributed by atoms with Crippen LogP contribution in [-0.4, -0.2) is 42.4 Å². The van der Waals surface area contributed by atoms with Crippen LogP contribution in [0.2, 0.25) is 0 Å². The number of nitrogens with one attached hydrogen (secondary N) is 3. The van der Waals surface area contributed by atoms with Crippen molar-refractivity contribution in [1.29, 1.82) is 0 Å².